The quantitative estimate of drug-likeness (QED) is 0.799. The van der Waals surface area contributed by atoms with Gasteiger partial charge in [0.25, 0.3) is 0 Å². The minimum Gasteiger partial charge on any atom is -0.312 e. The lowest BCUT2D eigenvalue weighted by atomic mass is 9.68. The minimum atomic E-state index is 0.164. The molecule has 0 bridgehead atoms. The van der Waals surface area contributed by atoms with Crippen LogP contribution in [0, 0.1) is 0 Å². The fourth-order valence-electron chi connectivity index (χ4n) is 3.20. The number of hydrogen-bond acceptors (Lipinski definition) is 2. The summed E-state index contributed by atoms with van der Waals surface area (Å²) in [4.78, 5) is 0. The van der Waals surface area contributed by atoms with Gasteiger partial charge in [-0.15, -0.1) is 0 Å². The van der Waals surface area contributed by atoms with Gasteiger partial charge in [0.1, 0.15) is 0 Å². The first-order valence-electron chi connectivity index (χ1n) is 7.03. The molecule has 0 amide bonds. The Morgan fingerprint density at radius 1 is 1.11 bits per heavy atom. The van der Waals surface area contributed by atoms with Crippen LogP contribution in [-0.4, -0.2) is 7.05 Å². The lowest BCUT2D eigenvalue weighted by Gasteiger charge is -2.40. The van der Waals surface area contributed by atoms with Crippen LogP contribution in [0.3, 0.4) is 0 Å². The summed E-state index contributed by atoms with van der Waals surface area (Å²) in [5, 5.41) is 7.99. The Morgan fingerprint density at radius 2 is 1.79 bits per heavy atom. The fourth-order valence-corrected chi connectivity index (χ4v) is 3.89. The van der Waals surface area contributed by atoms with Gasteiger partial charge in [-0.3, -0.25) is 0 Å². The summed E-state index contributed by atoms with van der Waals surface area (Å²) in [7, 11) is 2.07. The van der Waals surface area contributed by atoms with Crippen LogP contribution in [0.4, 0.5) is 0 Å². The Bertz CT molecular complexity index is 471. The van der Waals surface area contributed by atoms with Crippen LogP contribution in [0.5, 0.6) is 0 Å². The Balaban J connectivity index is 2.49. The molecule has 0 saturated carbocycles. The largest absolute Gasteiger partial charge is 0.312 e. The van der Waals surface area contributed by atoms with Crippen LogP contribution in [0.15, 0.2) is 47.2 Å². The first-order chi connectivity index (χ1) is 9.28. The molecule has 19 heavy (non-hydrogen) atoms. The number of thiophene rings is 1. The Hall–Kier alpha value is -1.12. The van der Waals surface area contributed by atoms with E-state index in [9.17, 15) is 0 Å². The van der Waals surface area contributed by atoms with Crippen LogP contribution in [0.25, 0.3) is 0 Å². The molecule has 0 fully saturated rings. The molecule has 0 spiro atoms. The van der Waals surface area contributed by atoms with E-state index < -0.39 is 0 Å². The van der Waals surface area contributed by atoms with Crippen molar-refractivity contribution in [2.24, 2.45) is 0 Å². The van der Waals surface area contributed by atoms with E-state index in [-0.39, 0.29) is 5.41 Å². The summed E-state index contributed by atoms with van der Waals surface area (Å²) in [6.07, 6.45) is 2.27. The van der Waals surface area contributed by atoms with Gasteiger partial charge in [0, 0.05) is 11.5 Å². The van der Waals surface area contributed by atoms with E-state index in [0.29, 0.717) is 6.04 Å². The summed E-state index contributed by atoms with van der Waals surface area (Å²) in [5.74, 6) is 0. The number of benzene rings is 1. The monoisotopic (exact) mass is 273 g/mol. The zero-order valence-electron chi connectivity index (χ0n) is 12.0. The molecule has 1 nitrogen and oxygen atoms in total. The van der Waals surface area contributed by atoms with Crippen molar-refractivity contribution in [1.82, 2.24) is 5.32 Å². The predicted molar refractivity (Wildman–Crippen MR) is 84.8 cm³/mol. The van der Waals surface area contributed by atoms with Crippen LogP contribution in [0.2, 0.25) is 0 Å². The Labute approximate surface area is 120 Å². The molecule has 1 atom stereocenters. The van der Waals surface area contributed by atoms with Crippen molar-refractivity contribution in [2.75, 3.05) is 7.05 Å². The van der Waals surface area contributed by atoms with Crippen molar-refractivity contribution in [3.63, 3.8) is 0 Å². The van der Waals surface area contributed by atoms with E-state index in [2.05, 4.69) is 73.4 Å². The maximum atomic E-state index is 3.55. The van der Waals surface area contributed by atoms with Crippen LogP contribution in [0.1, 0.15) is 43.9 Å². The average molecular weight is 273 g/mol. The standard InChI is InChI=1S/C17H23NS/c1-4-17(5-2,15-9-7-6-8-10-15)16(18-3)14-11-12-19-13-14/h6-13,16,18H,4-5H2,1-3H3. The molecule has 2 aromatic rings. The van der Waals surface area contributed by atoms with Crippen molar-refractivity contribution < 1.29 is 0 Å². The van der Waals surface area contributed by atoms with Crippen molar-refractivity contribution in [2.45, 2.75) is 38.1 Å². The number of likely N-dealkylation sites (N-methyl/N-ethyl adjacent to an activating group) is 1. The number of hydrogen-bond donors (Lipinski definition) is 1. The second kappa shape index (κ2) is 6.36. The first kappa shape index (κ1) is 14.3. The van der Waals surface area contributed by atoms with E-state index in [1.165, 1.54) is 11.1 Å². The molecular formula is C17H23NS. The molecule has 0 aliphatic carbocycles. The number of rotatable bonds is 6. The van der Waals surface area contributed by atoms with E-state index in [1.807, 2.05) is 0 Å². The van der Waals surface area contributed by atoms with Gasteiger partial charge in [-0.25, -0.2) is 0 Å². The van der Waals surface area contributed by atoms with Gasteiger partial charge in [0.15, 0.2) is 0 Å². The maximum Gasteiger partial charge on any atom is 0.0423 e. The van der Waals surface area contributed by atoms with Crippen molar-refractivity contribution in [3.05, 3.63) is 58.3 Å². The van der Waals surface area contributed by atoms with Gasteiger partial charge in [0.2, 0.25) is 0 Å². The highest BCUT2D eigenvalue weighted by molar-refractivity contribution is 7.07. The lowest BCUT2D eigenvalue weighted by Crippen LogP contribution is -2.39. The van der Waals surface area contributed by atoms with Gasteiger partial charge in [-0.1, -0.05) is 44.2 Å². The molecule has 1 unspecified atom stereocenters. The second-order valence-electron chi connectivity index (χ2n) is 5.01. The smallest absolute Gasteiger partial charge is 0.0423 e. The SMILES string of the molecule is CCC(CC)(c1ccccc1)C(NC)c1ccsc1. The van der Waals surface area contributed by atoms with E-state index >= 15 is 0 Å². The normalized spacial score (nSPS) is 13.4. The molecule has 0 saturated heterocycles. The van der Waals surface area contributed by atoms with Crippen LogP contribution >= 0.6 is 11.3 Å². The van der Waals surface area contributed by atoms with Gasteiger partial charge in [0.05, 0.1) is 0 Å². The topological polar surface area (TPSA) is 12.0 Å². The highest BCUT2D eigenvalue weighted by Gasteiger charge is 2.37. The Kier molecular flexibility index (Phi) is 4.78. The zero-order valence-corrected chi connectivity index (χ0v) is 12.8. The van der Waals surface area contributed by atoms with Gasteiger partial charge in [-0.05, 0) is 47.8 Å². The van der Waals surface area contributed by atoms with Crippen molar-refractivity contribution in [3.8, 4) is 0 Å². The summed E-state index contributed by atoms with van der Waals surface area (Å²) in [5.41, 5.74) is 3.00. The predicted octanol–water partition coefficient (Wildman–Crippen LogP) is 4.77. The van der Waals surface area contributed by atoms with Gasteiger partial charge in [-0.2, -0.15) is 11.3 Å². The van der Waals surface area contributed by atoms with Gasteiger partial charge < -0.3 is 5.32 Å². The van der Waals surface area contributed by atoms with Gasteiger partial charge >= 0.3 is 0 Å². The van der Waals surface area contributed by atoms with E-state index in [1.54, 1.807) is 11.3 Å². The third-order valence-corrected chi connectivity index (χ3v) is 5.03. The van der Waals surface area contributed by atoms with Crippen molar-refractivity contribution >= 4 is 11.3 Å². The van der Waals surface area contributed by atoms with E-state index in [4.69, 9.17) is 0 Å². The number of nitrogens with one attached hydrogen (secondary N) is 1. The maximum absolute atomic E-state index is 3.55. The molecule has 102 valence electrons. The summed E-state index contributed by atoms with van der Waals surface area (Å²) in [6, 6.07) is 13.5. The Morgan fingerprint density at radius 3 is 2.26 bits per heavy atom. The highest BCUT2D eigenvalue weighted by Crippen LogP contribution is 2.43. The molecular weight excluding hydrogens is 250 g/mol. The molecule has 2 heteroatoms. The average Bonchev–Trinajstić information content (AvgIpc) is 2.99. The lowest BCUT2D eigenvalue weighted by molar-refractivity contribution is 0.287. The summed E-state index contributed by atoms with van der Waals surface area (Å²) in [6.45, 7) is 4.60. The van der Waals surface area contributed by atoms with Crippen LogP contribution in [-0.2, 0) is 5.41 Å². The van der Waals surface area contributed by atoms with Crippen LogP contribution < -0.4 is 5.32 Å². The summed E-state index contributed by atoms with van der Waals surface area (Å²) >= 11 is 1.78. The zero-order chi connectivity index (χ0) is 13.7. The molecule has 0 aliphatic heterocycles. The van der Waals surface area contributed by atoms with E-state index in [0.717, 1.165) is 12.8 Å². The third kappa shape index (κ3) is 2.60. The molecule has 1 heterocycles. The molecule has 0 aliphatic rings. The molecule has 1 aromatic carbocycles. The summed E-state index contributed by atoms with van der Waals surface area (Å²) < 4.78 is 0. The first-order valence-corrected chi connectivity index (χ1v) is 7.97. The third-order valence-electron chi connectivity index (χ3n) is 4.33. The molecule has 0 radical (unpaired) electrons. The molecule has 2 rings (SSSR count). The van der Waals surface area contributed by atoms with Crippen molar-refractivity contribution in [1.29, 1.82) is 0 Å². The minimum absolute atomic E-state index is 0.164. The molecule has 1 N–H and O–H groups in total. The second-order valence-corrected chi connectivity index (χ2v) is 5.79. The highest BCUT2D eigenvalue weighted by atomic mass is 32.1. The molecule has 1 aromatic heterocycles. The fraction of sp³-hybridized carbons (Fsp3) is 0.412.